The van der Waals surface area contributed by atoms with Gasteiger partial charge in [0.05, 0.1) is 0 Å². The third-order valence-corrected chi connectivity index (χ3v) is 3.29. The maximum Gasteiger partial charge on any atom is 0.228 e. The number of nitrogens with two attached hydrogens (primary N) is 1. The van der Waals surface area contributed by atoms with Crippen molar-refractivity contribution in [2.45, 2.75) is 18.9 Å². The standard InChI is InChI=1S/C13H14N2O3/c14-9-5-13(17)15(6-9)10-1-2-12-8(3-10)4-11(16)7-18-12/h1-3,9H,4-7,14H2/t9-/m0/s1. The SMILES string of the molecule is N[C@H]1CC(=O)N(c2ccc3c(c2)CC(=O)CO3)C1. The minimum Gasteiger partial charge on any atom is -0.486 e. The molecule has 0 spiro atoms. The van der Waals surface area contributed by atoms with Gasteiger partial charge in [0.25, 0.3) is 0 Å². The van der Waals surface area contributed by atoms with Crippen LogP contribution in [0.3, 0.4) is 0 Å². The van der Waals surface area contributed by atoms with Crippen LogP contribution in [0.1, 0.15) is 12.0 Å². The van der Waals surface area contributed by atoms with Crippen molar-refractivity contribution in [1.82, 2.24) is 0 Å². The first-order valence-corrected chi connectivity index (χ1v) is 5.97. The summed E-state index contributed by atoms with van der Waals surface area (Å²) in [4.78, 5) is 24.8. The van der Waals surface area contributed by atoms with Crippen LogP contribution in [0.15, 0.2) is 18.2 Å². The molecule has 5 nitrogen and oxygen atoms in total. The normalized spacial score (nSPS) is 22.9. The predicted octanol–water partition coefficient (Wildman–Crippen LogP) is 0.255. The molecule has 0 radical (unpaired) electrons. The van der Waals surface area contributed by atoms with Crippen LogP contribution >= 0.6 is 0 Å². The fraction of sp³-hybridized carbons (Fsp3) is 0.385. The van der Waals surface area contributed by atoms with Gasteiger partial charge in [-0.2, -0.15) is 0 Å². The Bertz CT molecular complexity index is 527. The van der Waals surface area contributed by atoms with E-state index in [0.29, 0.717) is 19.4 Å². The van der Waals surface area contributed by atoms with Crippen molar-refractivity contribution in [2.24, 2.45) is 5.73 Å². The number of Topliss-reactive ketones (excluding diaryl/α,β-unsaturated/α-hetero) is 1. The highest BCUT2D eigenvalue weighted by Crippen LogP contribution is 2.30. The number of anilines is 1. The summed E-state index contributed by atoms with van der Waals surface area (Å²) in [7, 11) is 0. The number of nitrogens with zero attached hydrogens (tertiary/aromatic N) is 1. The number of rotatable bonds is 1. The van der Waals surface area contributed by atoms with Crippen LogP contribution in [0.2, 0.25) is 0 Å². The summed E-state index contributed by atoms with van der Waals surface area (Å²) in [6, 6.07) is 5.40. The van der Waals surface area contributed by atoms with Gasteiger partial charge in [0.1, 0.15) is 12.4 Å². The lowest BCUT2D eigenvalue weighted by Crippen LogP contribution is -2.28. The predicted molar refractivity (Wildman–Crippen MR) is 65.6 cm³/mol. The van der Waals surface area contributed by atoms with Crippen LogP contribution in [-0.2, 0) is 16.0 Å². The van der Waals surface area contributed by atoms with Crippen molar-refractivity contribution >= 4 is 17.4 Å². The van der Waals surface area contributed by atoms with Crippen molar-refractivity contribution in [3.05, 3.63) is 23.8 Å². The zero-order chi connectivity index (χ0) is 12.7. The molecule has 2 aliphatic heterocycles. The number of fused-ring (bicyclic) bond motifs is 1. The zero-order valence-electron chi connectivity index (χ0n) is 9.89. The van der Waals surface area contributed by atoms with E-state index in [1.165, 1.54) is 0 Å². The summed E-state index contributed by atoms with van der Waals surface area (Å²) in [5.41, 5.74) is 7.41. The molecule has 2 N–H and O–H groups in total. The number of hydrogen-bond acceptors (Lipinski definition) is 4. The van der Waals surface area contributed by atoms with Gasteiger partial charge in [0.2, 0.25) is 5.91 Å². The van der Waals surface area contributed by atoms with E-state index in [0.717, 1.165) is 17.0 Å². The van der Waals surface area contributed by atoms with Gasteiger partial charge in [-0.1, -0.05) is 0 Å². The van der Waals surface area contributed by atoms with Crippen molar-refractivity contribution in [1.29, 1.82) is 0 Å². The molecular formula is C13H14N2O3. The largest absolute Gasteiger partial charge is 0.486 e. The summed E-state index contributed by atoms with van der Waals surface area (Å²) in [6.45, 7) is 0.673. The number of ketones is 1. The van der Waals surface area contributed by atoms with Gasteiger partial charge in [0.15, 0.2) is 5.78 Å². The maximum absolute atomic E-state index is 11.8. The van der Waals surface area contributed by atoms with Crippen LogP contribution in [0, 0.1) is 0 Å². The van der Waals surface area contributed by atoms with Crippen molar-refractivity contribution < 1.29 is 14.3 Å². The third kappa shape index (κ3) is 1.86. The summed E-state index contributed by atoms with van der Waals surface area (Å²) >= 11 is 0. The van der Waals surface area contributed by atoms with Crippen LogP contribution in [0.5, 0.6) is 5.75 Å². The van der Waals surface area contributed by atoms with Gasteiger partial charge >= 0.3 is 0 Å². The number of carbonyl (C=O) groups is 2. The second kappa shape index (κ2) is 4.10. The molecule has 1 amide bonds. The van der Waals surface area contributed by atoms with Crippen molar-refractivity contribution in [2.75, 3.05) is 18.1 Å². The van der Waals surface area contributed by atoms with Crippen LogP contribution < -0.4 is 15.4 Å². The lowest BCUT2D eigenvalue weighted by atomic mass is 10.0. The Kier molecular flexibility index (Phi) is 2.56. The van der Waals surface area contributed by atoms with Gasteiger partial charge < -0.3 is 15.4 Å². The lowest BCUT2D eigenvalue weighted by Gasteiger charge is -2.21. The maximum atomic E-state index is 11.8. The fourth-order valence-corrected chi connectivity index (χ4v) is 2.42. The highest BCUT2D eigenvalue weighted by molar-refractivity contribution is 5.96. The van der Waals surface area contributed by atoms with Gasteiger partial charge in [-0.05, 0) is 18.2 Å². The molecule has 1 aromatic carbocycles. The van der Waals surface area contributed by atoms with Crippen molar-refractivity contribution in [3.8, 4) is 5.75 Å². The Labute approximate surface area is 105 Å². The molecule has 1 fully saturated rings. The van der Waals surface area contributed by atoms with Crippen LogP contribution in [0.25, 0.3) is 0 Å². The Morgan fingerprint density at radius 2 is 2.17 bits per heavy atom. The van der Waals surface area contributed by atoms with Crippen LogP contribution in [0.4, 0.5) is 5.69 Å². The average molecular weight is 246 g/mol. The van der Waals surface area contributed by atoms with E-state index in [1.54, 1.807) is 4.90 Å². The van der Waals surface area contributed by atoms with E-state index in [1.807, 2.05) is 18.2 Å². The summed E-state index contributed by atoms with van der Waals surface area (Å²) in [6.07, 6.45) is 0.754. The monoisotopic (exact) mass is 246 g/mol. The molecule has 1 saturated heterocycles. The molecular weight excluding hydrogens is 232 g/mol. The molecule has 3 rings (SSSR count). The van der Waals surface area contributed by atoms with E-state index in [4.69, 9.17) is 10.5 Å². The molecule has 1 atom stereocenters. The first-order chi connectivity index (χ1) is 8.63. The lowest BCUT2D eigenvalue weighted by molar-refractivity contribution is -0.121. The second-order valence-corrected chi connectivity index (χ2v) is 4.76. The summed E-state index contributed by atoms with van der Waals surface area (Å²) in [5.74, 6) is 0.823. The minimum absolute atomic E-state index is 0.0329. The fourth-order valence-electron chi connectivity index (χ4n) is 2.42. The second-order valence-electron chi connectivity index (χ2n) is 4.76. The molecule has 18 heavy (non-hydrogen) atoms. The van der Waals surface area contributed by atoms with E-state index >= 15 is 0 Å². The van der Waals surface area contributed by atoms with E-state index < -0.39 is 0 Å². The Balaban J connectivity index is 1.92. The third-order valence-electron chi connectivity index (χ3n) is 3.29. The first-order valence-electron chi connectivity index (χ1n) is 5.97. The van der Waals surface area contributed by atoms with Gasteiger partial charge in [0, 0.05) is 36.7 Å². The Hall–Kier alpha value is -1.88. The topological polar surface area (TPSA) is 72.6 Å². The first kappa shape index (κ1) is 11.2. The minimum atomic E-state index is -0.105. The number of benzene rings is 1. The van der Waals surface area contributed by atoms with Crippen molar-refractivity contribution in [3.63, 3.8) is 0 Å². The zero-order valence-corrected chi connectivity index (χ0v) is 9.89. The molecule has 5 heteroatoms. The molecule has 0 saturated carbocycles. The Morgan fingerprint density at radius 3 is 2.89 bits per heavy atom. The van der Waals surface area contributed by atoms with E-state index in [9.17, 15) is 9.59 Å². The number of hydrogen-bond donors (Lipinski definition) is 1. The van der Waals surface area contributed by atoms with Gasteiger partial charge in [-0.15, -0.1) is 0 Å². The molecule has 1 aromatic rings. The molecule has 0 aliphatic carbocycles. The van der Waals surface area contributed by atoms with Crippen LogP contribution in [-0.4, -0.2) is 30.9 Å². The summed E-state index contributed by atoms with van der Waals surface area (Å²) in [5, 5.41) is 0. The van der Waals surface area contributed by atoms with E-state index in [2.05, 4.69) is 0 Å². The Morgan fingerprint density at radius 1 is 1.33 bits per heavy atom. The number of carbonyl (C=O) groups excluding carboxylic acids is 2. The highest BCUT2D eigenvalue weighted by Gasteiger charge is 2.29. The molecule has 0 aromatic heterocycles. The molecule has 0 unspecified atom stereocenters. The molecule has 2 heterocycles. The molecule has 94 valence electrons. The molecule has 0 bridgehead atoms. The number of ether oxygens (including phenoxy) is 1. The smallest absolute Gasteiger partial charge is 0.228 e. The average Bonchev–Trinajstić information content (AvgIpc) is 2.67. The van der Waals surface area contributed by atoms with Gasteiger partial charge in [-0.3, -0.25) is 9.59 Å². The quantitative estimate of drug-likeness (QED) is 0.771. The van der Waals surface area contributed by atoms with E-state index in [-0.39, 0.29) is 24.3 Å². The molecule has 2 aliphatic rings. The highest BCUT2D eigenvalue weighted by atomic mass is 16.5. The van der Waals surface area contributed by atoms with Gasteiger partial charge in [-0.25, -0.2) is 0 Å². The summed E-state index contributed by atoms with van der Waals surface area (Å²) < 4.78 is 5.32. The number of amides is 1.